The van der Waals surface area contributed by atoms with Crippen molar-refractivity contribution in [1.29, 1.82) is 0 Å². The Morgan fingerprint density at radius 2 is 1.52 bits per heavy atom. The largest absolute Gasteiger partial charge is 0.489 e. The normalized spacial score (nSPS) is 17.7. The molecule has 2 aliphatic heterocycles. The summed E-state index contributed by atoms with van der Waals surface area (Å²) in [5, 5.41) is 3.03. The molecule has 0 radical (unpaired) electrons. The Morgan fingerprint density at radius 3 is 2.25 bits per heavy atom. The molecule has 1 aromatic heterocycles. The van der Waals surface area contributed by atoms with Crippen LogP contribution < -0.4 is 15.7 Å². The van der Waals surface area contributed by atoms with E-state index in [4.69, 9.17) is 4.74 Å². The van der Waals surface area contributed by atoms with Crippen molar-refractivity contribution < 1.29 is 14.3 Å². The number of imidazole rings is 1. The molecular weight excluding hydrogens is 554 g/mol. The van der Waals surface area contributed by atoms with E-state index in [0.29, 0.717) is 52.0 Å². The first-order valence-electron chi connectivity index (χ1n) is 15.5. The zero-order valence-corrected chi connectivity index (χ0v) is 24.9. The highest BCUT2D eigenvalue weighted by molar-refractivity contribution is 5.87. The Labute approximate surface area is 257 Å². The first-order chi connectivity index (χ1) is 21.5. The van der Waals surface area contributed by atoms with Crippen LogP contribution in [0, 0.1) is 0 Å². The maximum Gasteiger partial charge on any atom is 0.326 e. The molecule has 2 N–H and O–H groups in total. The monoisotopic (exact) mass is 593 g/mol. The van der Waals surface area contributed by atoms with E-state index in [-0.39, 0.29) is 23.7 Å². The number of amides is 3. The minimum Gasteiger partial charge on any atom is -0.489 e. The summed E-state index contributed by atoms with van der Waals surface area (Å²) in [7, 11) is 0. The number of piperidine rings is 1. The van der Waals surface area contributed by atoms with E-state index in [1.165, 1.54) is 0 Å². The number of hydrogen-bond donors (Lipinski definition) is 2. The molecule has 4 aromatic rings. The van der Waals surface area contributed by atoms with Crippen molar-refractivity contribution in [2.24, 2.45) is 0 Å². The summed E-state index contributed by atoms with van der Waals surface area (Å²) in [5.74, 6) is 0.745. The quantitative estimate of drug-likeness (QED) is 0.288. The van der Waals surface area contributed by atoms with Crippen molar-refractivity contribution in [2.75, 3.05) is 19.6 Å². The fourth-order valence-corrected chi connectivity index (χ4v) is 6.08. The molecule has 9 nitrogen and oxygen atoms in total. The number of aromatic nitrogens is 2. The molecule has 0 spiro atoms. The van der Waals surface area contributed by atoms with Crippen molar-refractivity contribution in [3.05, 3.63) is 113 Å². The molecule has 2 saturated heterocycles. The van der Waals surface area contributed by atoms with Gasteiger partial charge >= 0.3 is 11.7 Å². The smallest absolute Gasteiger partial charge is 0.326 e. The number of H-pyrrole nitrogens is 1. The lowest BCUT2D eigenvalue weighted by Gasteiger charge is -2.33. The topological polar surface area (TPSA) is 99.7 Å². The molecule has 44 heavy (non-hydrogen) atoms. The fourth-order valence-electron chi connectivity index (χ4n) is 6.08. The molecule has 0 aliphatic carbocycles. The summed E-state index contributed by atoms with van der Waals surface area (Å²) >= 11 is 0. The minimum absolute atomic E-state index is 0.0189. The number of carbonyl (C=O) groups is 2. The SMILES string of the molecule is O=C(NC1CCCCN(Cc2ccc(OCc3ccccc3)cc2)C1=O)N1CCC(n2cc(-c3ccccc3)[nH]c2=O)CC1. The molecule has 6 rings (SSSR count). The van der Waals surface area contributed by atoms with Crippen LogP contribution in [0.4, 0.5) is 4.79 Å². The van der Waals surface area contributed by atoms with E-state index in [9.17, 15) is 14.4 Å². The van der Waals surface area contributed by atoms with Crippen molar-refractivity contribution in [2.45, 2.75) is 57.3 Å². The Morgan fingerprint density at radius 1 is 0.818 bits per heavy atom. The van der Waals surface area contributed by atoms with Crippen molar-refractivity contribution >= 4 is 11.9 Å². The first-order valence-corrected chi connectivity index (χ1v) is 15.5. The van der Waals surface area contributed by atoms with Gasteiger partial charge in [-0.25, -0.2) is 9.59 Å². The lowest BCUT2D eigenvalue weighted by molar-refractivity contribution is -0.133. The molecule has 3 amide bonds. The van der Waals surface area contributed by atoms with Gasteiger partial charge in [0.25, 0.3) is 0 Å². The molecule has 0 bridgehead atoms. The van der Waals surface area contributed by atoms with Gasteiger partial charge in [-0.2, -0.15) is 0 Å². The number of likely N-dealkylation sites (tertiary alicyclic amines) is 2. The third-order valence-corrected chi connectivity index (χ3v) is 8.60. The van der Waals surface area contributed by atoms with Crippen LogP contribution in [-0.2, 0) is 17.9 Å². The average Bonchev–Trinajstić information content (AvgIpc) is 3.38. The second-order valence-electron chi connectivity index (χ2n) is 11.6. The van der Waals surface area contributed by atoms with Gasteiger partial charge in [-0.3, -0.25) is 9.36 Å². The average molecular weight is 594 g/mol. The second kappa shape index (κ2) is 13.7. The standard InChI is InChI=1S/C35H39N5O4/c41-33-31(13-7-8-20-39(33)23-26-14-16-30(17-15-26)44-25-27-9-3-1-4-10-27)36-34(42)38-21-18-29(19-22-38)40-24-32(37-35(40)43)28-11-5-2-6-12-28/h1-6,9-12,14-17,24,29,31H,7-8,13,18-23,25H2,(H,36,42)(H,37,43). The molecule has 3 heterocycles. The molecule has 1 atom stereocenters. The maximum absolute atomic E-state index is 13.5. The van der Waals surface area contributed by atoms with E-state index in [1.807, 2.05) is 96.0 Å². The summed E-state index contributed by atoms with van der Waals surface area (Å²) in [6.45, 7) is 2.71. The predicted octanol–water partition coefficient (Wildman–Crippen LogP) is 5.35. The van der Waals surface area contributed by atoms with Crippen LogP contribution in [0.2, 0.25) is 0 Å². The molecule has 9 heteroatoms. The predicted molar refractivity (Wildman–Crippen MR) is 169 cm³/mol. The van der Waals surface area contributed by atoms with Crippen molar-refractivity contribution in [3.63, 3.8) is 0 Å². The third-order valence-electron chi connectivity index (χ3n) is 8.60. The Hall–Kier alpha value is -4.79. The lowest BCUT2D eigenvalue weighted by Crippen LogP contribution is -2.53. The summed E-state index contributed by atoms with van der Waals surface area (Å²) in [4.78, 5) is 46.0. The second-order valence-corrected chi connectivity index (χ2v) is 11.6. The van der Waals surface area contributed by atoms with Gasteiger partial charge in [0.1, 0.15) is 18.4 Å². The lowest BCUT2D eigenvalue weighted by atomic mass is 10.0. The summed E-state index contributed by atoms with van der Waals surface area (Å²) in [5.41, 5.74) is 3.75. The van der Waals surface area contributed by atoms with Gasteiger partial charge in [0.15, 0.2) is 0 Å². The van der Waals surface area contributed by atoms with Gasteiger partial charge in [0, 0.05) is 38.4 Å². The van der Waals surface area contributed by atoms with E-state index in [0.717, 1.165) is 41.0 Å². The Kier molecular flexibility index (Phi) is 9.10. The van der Waals surface area contributed by atoms with Gasteiger partial charge < -0.3 is 24.8 Å². The van der Waals surface area contributed by atoms with Crippen LogP contribution in [-0.4, -0.2) is 57.0 Å². The number of rotatable bonds is 8. The number of carbonyl (C=O) groups excluding carboxylic acids is 2. The number of nitrogens with zero attached hydrogens (tertiary/aromatic N) is 3. The molecular formula is C35H39N5O4. The van der Waals surface area contributed by atoms with Gasteiger partial charge in [-0.1, -0.05) is 72.8 Å². The van der Waals surface area contributed by atoms with Gasteiger partial charge in [-0.05, 0) is 60.9 Å². The van der Waals surface area contributed by atoms with Gasteiger partial charge in [-0.15, -0.1) is 0 Å². The fraction of sp³-hybridized carbons (Fsp3) is 0.343. The van der Waals surface area contributed by atoms with Crippen molar-refractivity contribution in [1.82, 2.24) is 24.7 Å². The summed E-state index contributed by atoms with van der Waals surface area (Å²) in [6.07, 6.45) is 5.64. The van der Waals surface area contributed by atoms with Crippen molar-refractivity contribution in [3.8, 4) is 17.0 Å². The van der Waals surface area contributed by atoms with Crippen LogP contribution in [0.15, 0.2) is 95.9 Å². The van der Waals surface area contributed by atoms with Crippen LogP contribution in [0.5, 0.6) is 5.75 Å². The highest BCUT2D eigenvalue weighted by Crippen LogP contribution is 2.24. The maximum atomic E-state index is 13.5. The highest BCUT2D eigenvalue weighted by atomic mass is 16.5. The van der Waals surface area contributed by atoms with E-state index in [2.05, 4.69) is 10.3 Å². The molecule has 0 saturated carbocycles. The highest BCUT2D eigenvalue weighted by Gasteiger charge is 2.31. The number of benzene rings is 3. The molecule has 228 valence electrons. The van der Waals surface area contributed by atoms with Crippen LogP contribution >= 0.6 is 0 Å². The number of ether oxygens (including phenoxy) is 1. The number of urea groups is 1. The third kappa shape index (κ3) is 7.05. The van der Waals surface area contributed by atoms with Crippen LogP contribution in [0.25, 0.3) is 11.3 Å². The van der Waals surface area contributed by atoms with Gasteiger partial charge in [0.05, 0.1) is 5.69 Å². The number of nitrogens with one attached hydrogen (secondary N) is 2. The first kappa shape index (κ1) is 29.3. The molecule has 1 unspecified atom stereocenters. The molecule has 2 fully saturated rings. The Balaban J connectivity index is 1.01. The number of hydrogen-bond acceptors (Lipinski definition) is 4. The number of aromatic amines is 1. The minimum atomic E-state index is -0.545. The zero-order valence-electron chi connectivity index (χ0n) is 24.9. The van der Waals surface area contributed by atoms with E-state index >= 15 is 0 Å². The van der Waals surface area contributed by atoms with Crippen LogP contribution in [0.3, 0.4) is 0 Å². The summed E-state index contributed by atoms with van der Waals surface area (Å²) in [6, 6.07) is 26.9. The zero-order chi connectivity index (χ0) is 30.3. The van der Waals surface area contributed by atoms with E-state index < -0.39 is 6.04 Å². The van der Waals surface area contributed by atoms with Gasteiger partial charge in [0.2, 0.25) is 5.91 Å². The summed E-state index contributed by atoms with van der Waals surface area (Å²) < 4.78 is 7.66. The Bertz CT molecular complexity index is 1590. The van der Waals surface area contributed by atoms with Crippen LogP contribution in [0.1, 0.15) is 49.3 Å². The van der Waals surface area contributed by atoms with E-state index in [1.54, 1.807) is 9.47 Å². The molecule has 3 aromatic carbocycles. The molecule has 2 aliphatic rings.